The van der Waals surface area contributed by atoms with Gasteiger partial charge < -0.3 is 15.2 Å². The number of hydrogen-bond acceptors (Lipinski definition) is 5. The SMILES string of the molecule is CCOc1cc(C)nc(NC2(CO)CC2)n1. The van der Waals surface area contributed by atoms with Crippen LogP contribution >= 0.6 is 0 Å². The van der Waals surface area contributed by atoms with Crippen molar-refractivity contribution in [3.63, 3.8) is 0 Å². The summed E-state index contributed by atoms with van der Waals surface area (Å²) < 4.78 is 5.34. The maximum absolute atomic E-state index is 9.21. The highest BCUT2D eigenvalue weighted by atomic mass is 16.5. The van der Waals surface area contributed by atoms with E-state index in [1.807, 2.05) is 13.8 Å². The van der Waals surface area contributed by atoms with Gasteiger partial charge in [0.2, 0.25) is 11.8 Å². The molecule has 0 atom stereocenters. The number of rotatable bonds is 5. The van der Waals surface area contributed by atoms with Crippen LogP contribution in [0.1, 0.15) is 25.5 Å². The summed E-state index contributed by atoms with van der Waals surface area (Å²) in [5, 5.41) is 12.4. The van der Waals surface area contributed by atoms with Crippen LogP contribution in [-0.4, -0.2) is 33.8 Å². The minimum absolute atomic E-state index is 0.119. The second kappa shape index (κ2) is 4.25. The monoisotopic (exact) mass is 223 g/mol. The number of anilines is 1. The second-order valence-corrected chi connectivity index (χ2v) is 4.17. The number of aliphatic hydroxyl groups is 1. The Kier molecular flexibility index (Phi) is 2.96. The average molecular weight is 223 g/mol. The van der Waals surface area contributed by atoms with E-state index in [1.54, 1.807) is 6.07 Å². The predicted octanol–water partition coefficient (Wildman–Crippen LogP) is 1.12. The minimum Gasteiger partial charge on any atom is -0.478 e. The molecular formula is C11H17N3O2. The van der Waals surface area contributed by atoms with Crippen molar-refractivity contribution < 1.29 is 9.84 Å². The molecule has 88 valence electrons. The van der Waals surface area contributed by atoms with Crippen molar-refractivity contribution in [3.05, 3.63) is 11.8 Å². The second-order valence-electron chi connectivity index (χ2n) is 4.17. The molecule has 2 N–H and O–H groups in total. The lowest BCUT2D eigenvalue weighted by molar-refractivity contribution is 0.265. The molecule has 0 aliphatic heterocycles. The number of aromatic nitrogens is 2. The van der Waals surface area contributed by atoms with Gasteiger partial charge >= 0.3 is 0 Å². The summed E-state index contributed by atoms with van der Waals surface area (Å²) in [5.74, 6) is 1.11. The van der Waals surface area contributed by atoms with E-state index in [4.69, 9.17) is 4.74 Å². The molecule has 1 fully saturated rings. The highest BCUT2D eigenvalue weighted by Gasteiger charge is 2.42. The van der Waals surface area contributed by atoms with Crippen LogP contribution in [0, 0.1) is 6.92 Å². The zero-order valence-electron chi connectivity index (χ0n) is 9.66. The van der Waals surface area contributed by atoms with Gasteiger partial charge in [-0.15, -0.1) is 0 Å². The fourth-order valence-electron chi connectivity index (χ4n) is 1.53. The van der Waals surface area contributed by atoms with Crippen LogP contribution in [0.5, 0.6) is 5.88 Å². The fourth-order valence-corrected chi connectivity index (χ4v) is 1.53. The van der Waals surface area contributed by atoms with E-state index in [1.165, 1.54) is 0 Å². The summed E-state index contributed by atoms with van der Waals surface area (Å²) in [6, 6.07) is 1.80. The molecule has 0 unspecified atom stereocenters. The van der Waals surface area contributed by atoms with E-state index in [0.29, 0.717) is 18.4 Å². The summed E-state index contributed by atoms with van der Waals surface area (Å²) in [5.41, 5.74) is 0.659. The van der Waals surface area contributed by atoms with Gasteiger partial charge in [-0.2, -0.15) is 4.98 Å². The van der Waals surface area contributed by atoms with Crippen LogP contribution in [0.25, 0.3) is 0 Å². The van der Waals surface area contributed by atoms with Crippen LogP contribution in [0.3, 0.4) is 0 Å². The van der Waals surface area contributed by atoms with Crippen LogP contribution in [0.4, 0.5) is 5.95 Å². The summed E-state index contributed by atoms with van der Waals surface area (Å²) in [7, 11) is 0. The van der Waals surface area contributed by atoms with Crippen molar-refractivity contribution in [1.82, 2.24) is 9.97 Å². The molecule has 0 bridgehead atoms. The molecule has 0 spiro atoms. The molecule has 1 aliphatic carbocycles. The molecule has 1 saturated carbocycles. The van der Waals surface area contributed by atoms with E-state index in [9.17, 15) is 5.11 Å². The van der Waals surface area contributed by atoms with Gasteiger partial charge in [0, 0.05) is 11.8 Å². The molecule has 1 aromatic heterocycles. The normalized spacial score (nSPS) is 16.9. The van der Waals surface area contributed by atoms with Gasteiger partial charge in [0.15, 0.2) is 0 Å². The maximum atomic E-state index is 9.21. The lowest BCUT2D eigenvalue weighted by atomic mass is 10.3. The fraction of sp³-hybridized carbons (Fsp3) is 0.636. The first-order valence-corrected chi connectivity index (χ1v) is 5.55. The number of nitrogens with one attached hydrogen (secondary N) is 1. The molecule has 1 aliphatic rings. The molecule has 1 aromatic rings. The van der Waals surface area contributed by atoms with Gasteiger partial charge in [-0.1, -0.05) is 0 Å². The Morgan fingerprint density at radius 1 is 1.50 bits per heavy atom. The van der Waals surface area contributed by atoms with E-state index in [0.717, 1.165) is 18.5 Å². The molecule has 0 amide bonds. The molecule has 16 heavy (non-hydrogen) atoms. The first-order valence-electron chi connectivity index (χ1n) is 5.55. The third kappa shape index (κ3) is 2.41. The molecule has 0 saturated heterocycles. The Hall–Kier alpha value is -1.36. The molecule has 1 heterocycles. The number of ether oxygens (including phenoxy) is 1. The topological polar surface area (TPSA) is 67.3 Å². The van der Waals surface area contributed by atoms with Crippen molar-refractivity contribution in [2.45, 2.75) is 32.2 Å². The van der Waals surface area contributed by atoms with Crippen molar-refractivity contribution >= 4 is 5.95 Å². The van der Waals surface area contributed by atoms with Crippen LogP contribution in [0.2, 0.25) is 0 Å². The summed E-state index contributed by atoms with van der Waals surface area (Å²) in [6.45, 7) is 4.52. The van der Waals surface area contributed by atoms with Gasteiger partial charge in [-0.25, -0.2) is 4.98 Å². The number of aryl methyl sites for hydroxylation is 1. The standard InChI is InChI=1S/C11H17N3O2/c1-3-16-9-6-8(2)12-10(13-9)14-11(7-15)4-5-11/h6,15H,3-5,7H2,1-2H3,(H,12,13,14). The quantitative estimate of drug-likeness (QED) is 0.783. The highest BCUT2D eigenvalue weighted by Crippen LogP contribution is 2.37. The summed E-state index contributed by atoms with van der Waals surface area (Å²) in [4.78, 5) is 8.52. The lowest BCUT2D eigenvalue weighted by Gasteiger charge is -2.15. The van der Waals surface area contributed by atoms with Gasteiger partial charge in [0.1, 0.15) is 0 Å². The molecule has 5 nitrogen and oxygen atoms in total. The Labute approximate surface area is 94.9 Å². The third-order valence-electron chi connectivity index (χ3n) is 2.66. The Bertz CT molecular complexity index is 377. The maximum Gasteiger partial charge on any atom is 0.226 e. The molecule has 0 aromatic carbocycles. The van der Waals surface area contributed by atoms with Crippen molar-refractivity contribution in [2.24, 2.45) is 0 Å². The van der Waals surface area contributed by atoms with E-state index < -0.39 is 0 Å². The Morgan fingerprint density at radius 3 is 2.81 bits per heavy atom. The first kappa shape index (κ1) is 11.1. The lowest BCUT2D eigenvalue weighted by Crippen LogP contribution is -2.27. The summed E-state index contributed by atoms with van der Waals surface area (Å²) in [6.07, 6.45) is 1.93. The van der Waals surface area contributed by atoms with Gasteiger partial charge in [-0.05, 0) is 26.7 Å². The summed E-state index contributed by atoms with van der Waals surface area (Å²) >= 11 is 0. The predicted molar refractivity (Wildman–Crippen MR) is 60.6 cm³/mol. The number of aliphatic hydroxyl groups excluding tert-OH is 1. The van der Waals surface area contributed by atoms with E-state index in [2.05, 4.69) is 15.3 Å². The van der Waals surface area contributed by atoms with Gasteiger partial charge in [-0.3, -0.25) is 0 Å². The highest BCUT2D eigenvalue weighted by molar-refractivity contribution is 5.36. The molecule has 5 heteroatoms. The molecular weight excluding hydrogens is 206 g/mol. The number of hydrogen-bond donors (Lipinski definition) is 2. The minimum atomic E-state index is -0.197. The Morgan fingerprint density at radius 2 is 2.25 bits per heavy atom. The first-order chi connectivity index (χ1) is 7.67. The van der Waals surface area contributed by atoms with Crippen LogP contribution in [0.15, 0.2) is 6.07 Å². The third-order valence-corrected chi connectivity index (χ3v) is 2.66. The van der Waals surface area contributed by atoms with E-state index in [-0.39, 0.29) is 12.1 Å². The van der Waals surface area contributed by atoms with Crippen LogP contribution in [-0.2, 0) is 0 Å². The number of nitrogens with zero attached hydrogens (tertiary/aromatic N) is 2. The largest absolute Gasteiger partial charge is 0.478 e. The van der Waals surface area contributed by atoms with Crippen molar-refractivity contribution in [1.29, 1.82) is 0 Å². The smallest absolute Gasteiger partial charge is 0.226 e. The zero-order chi connectivity index (χ0) is 11.6. The van der Waals surface area contributed by atoms with Crippen molar-refractivity contribution in [3.8, 4) is 5.88 Å². The molecule has 2 rings (SSSR count). The van der Waals surface area contributed by atoms with E-state index >= 15 is 0 Å². The van der Waals surface area contributed by atoms with Gasteiger partial charge in [0.05, 0.1) is 18.8 Å². The van der Waals surface area contributed by atoms with Crippen molar-refractivity contribution in [2.75, 3.05) is 18.5 Å². The average Bonchev–Trinajstić information content (AvgIpc) is 2.98. The zero-order valence-corrected chi connectivity index (χ0v) is 9.66. The Balaban J connectivity index is 2.14. The van der Waals surface area contributed by atoms with Crippen LogP contribution < -0.4 is 10.1 Å². The van der Waals surface area contributed by atoms with Gasteiger partial charge in [0.25, 0.3) is 0 Å². The molecule has 0 radical (unpaired) electrons.